The highest BCUT2D eigenvalue weighted by molar-refractivity contribution is 6.29. The van der Waals surface area contributed by atoms with E-state index in [1.807, 2.05) is 29.2 Å². The number of nitrogens with one attached hydrogen (secondary N) is 1. The fraction of sp³-hybridized carbons (Fsp3) is 0.400. The van der Waals surface area contributed by atoms with E-state index in [1.54, 1.807) is 16.8 Å². The maximum atomic E-state index is 6.18. The van der Waals surface area contributed by atoms with Gasteiger partial charge in [-0.3, -0.25) is 4.40 Å². The molecule has 5 rings (SSSR count). The van der Waals surface area contributed by atoms with Gasteiger partial charge in [-0.1, -0.05) is 11.6 Å². The van der Waals surface area contributed by atoms with E-state index in [1.165, 1.54) is 12.8 Å². The van der Waals surface area contributed by atoms with E-state index in [9.17, 15) is 0 Å². The van der Waals surface area contributed by atoms with Crippen LogP contribution in [0.3, 0.4) is 0 Å². The SMILES string of the molecule is CN(C)[C@H]1CC[C@@H](Nc2ncc3c(-c4cnc5ncc(Cl)n5c4)ccn3n2)CC1. The predicted octanol–water partition coefficient (Wildman–Crippen LogP) is 3.38. The maximum Gasteiger partial charge on any atom is 0.241 e. The molecule has 0 amide bonds. The second-order valence-corrected chi connectivity index (χ2v) is 8.24. The molecule has 4 aromatic heterocycles. The summed E-state index contributed by atoms with van der Waals surface area (Å²) in [5, 5.41) is 8.70. The average molecular weight is 411 g/mol. The van der Waals surface area contributed by atoms with Crippen LogP contribution in [0, 0.1) is 0 Å². The van der Waals surface area contributed by atoms with Gasteiger partial charge in [-0.15, -0.1) is 5.10 Å². The van der Waals surface area contributed by atoms with Gasteiger partial charge in [0.2, 0.25) is 11.7 Å². The van der Waals surface area contributed by atoms with E-state index in [2.05, 4.69) is 44.4 Å². The number of aromatic nitrogens is 6. The van der Waals surface area contributed by atoms with Crippen molar-refractivity contribution < 1.29 is 0 Å². The molecule has 0 bridgehead atoms. The Morgan fingerprint density at radius 3 is 2.66 bits per heavy atom. The average Bonchev–Trinajstić information content (AvgIpc) is 3.31. The molecule has 0 spiro atoms. The lowest BCUT2D eigenvalue weighted by Gasteiger charge is -2.32. The van der Waals surface area contributed by atoms with Crippen LogP contribution < -0.4 is 5.32 Å². The number of halogens is 1. The first-order chi connectivity index (χ1) is 14.1. The molecule has 1 fully saturated rings. The van der Waals surface area contributed by atoms with Crippen LogP contribution in [0.15, 0.2) is 37.1 Å². The third-order valence-electron chi connectivity index (χ3n) is 5.81. The third-order valence-corrected chi connectivity index (χ3v) is 6.09. The lowest BCUT2D eigenvalue weighted by atomic mass is 9.91. The minimum Gasteiger partial charge on any atom is -0.350 e. The van der Waals surface area contributed by atoms with Crippen molar-refractivity contribution in [1.29, 1.82) is 0 Å². The van der Waals surface area contributed by atoms with Crippen molar-refractivity contribution >= 4 is 28.8 Å². The molecule has 1 aliphatic rings. The van der Waals surface area contributed by atoms with Gasteiger partial charge in [0.25, 0.3) is 0 Å². The number of hydrogen-bond acceptors (Lipinski definition) is 6. The van der Waals surface area contributed by atoms with Crippen LogP contribution in [0.25, 0.3) is 22.4 Å². The first kappa shape index (κ1) is 18.3. The zero-order chi connectivity index (χ0) is 20.0. The molecule has 0 radical (unpaired) electrons. The predicted molar refractivity (Wildman–Crippen MR) is 113 cm³/mol. The lowest BCUT2D eigenvalue weighted by Crippen LogP contribution is -2.36. The van der Waals surface area contributed by atoms with E-state index in [0.29, 0.717) is 29.0 Å². The van der Waals surface area contributed by atoms with Crippen LogP contribution in [0.4, 0.5) is 5.95 Å². The third kappa shape index (κ3) is 3.42. The van der Waals surface area contributed by atoms with Gasteiger partial charge in [0.05, 0.1) is 17.9 Å². The smallest absolute Gasteiger partial charge is 0.241 e. The minimum atomic E-state index is 0.425. The molecule has 9 heteroatoms. The molecule has 0 unspecified atom stereocenters. The number of nitrogens with zero attached hydrogens (tertiary/aromatic N) is 7. The van der Waals surface area contributed by atoms with Gasteiger partial charge < -0.3 is 10.2 Å². The Kier molecular flexibility index (Phi) is 4.60. The molecule has 150 valence electrons. The quantitative estimate of drug-likeness (QED) is 0.556. The summed E-state index contributed by atoms with van der Waals surface area (Å²) in [4.78, 5) is 15.4. The van der Waals surface area contributed by atoms with Gasteiger partial charge in [-0.2, -0.15) is 0 Å². The van der Waals surface area contributed by atoms with Crippen LogP contribution in [-0.2, 0) is 0 Å². The fourth-order valence-corrected chi connectivity index (χ4v) is 4.29. The van der Waals surface area contributed by atoms with Gasteiger partial charge >= 0.3 is 0 Å². The number of hydrogen-bond donors (Lipinski definition) is 1. The molecule has 1 aliphatic carbocycles. The van der Waals surface area contributed by atoms with Crippen LogP contribution in [-0.4, -0.2) is 60.0 Å². The number of fused-ring (bicyclic) bond motifs is 2. The van der Waals surface area contributed by atoms with Crippen molar-refractivity contribution in [1.82, 2.24) is 33.9 Å². The van der Waals surface area contributed by atoms with Crippen molar-refractivity contribution in [2.45, 2.75) is 37.8 Å². The molecule has 1 N–H and O–H groups in total. The topological polar surface area (TPSA) is 75.6 Å². The molecular weight excluding hydrogens is 388 g/mol. The summed E-state index contributed by atoms with van der Waals surface area (Å²) >= 11 is 6.18. The standard InChI is InChI=1S/C20H23ClN8/c1-27(2)15-5-3-14(4-6-15)25-19-22-10-17-16(7-8-29(17)26-19)13-9-23-20-24-11-18(21)28(20)12-13/h7-12,14-15H,3-6H2,1-2H3,(H,25,26)/t14-,15+. The van der Waals surface area contributed by atoms with Gasteiger partial charge in [-0.05, 0) is 45.8 Å². The van der Waals surface area contributed by atoms with Crippen molar-refractivity contribution in [3.8, 4) is 11.1 Å². The Morgan fingerprint density at radius 2 is 1.86 bits per heavy atom. The van der Waals surface area contributed by atoms with Crippen molar-refractivity contribution in [2.24, 2.45) is 0 Å². The number of rotatable bonds is 4. The second-order valence-electron chi connectivity index (χ2n) is 7.85. The highest BCUT2D eigenvalue weighted by atomic mass is 35.5. The van der Waals surface area contributed by atoms with Crippen molar-refractivity contribution in [3.63, 3.8) is 0 Å². The van der Waals surface area contributed by atoms with E-state index in [0.717, 1.165) is 29.5 Å². The Balaban J connectivity index is 1.38. The first-order valence-electron chi connectivity index (χ1n) is 9.85. The molecule has 8 nitrogen and oxygen atoms in total. The molecular formula is C20H23ClN8. The second kappa shape index (κ2) is 7.27. The normalized spacial score (nSPS) is 20.0. The highest BCUT2D eigenvalue weighted by Gasteiger charge is 2.23. The van der Waals surface area contributed by atoms with Crippen molar-refractivity contribution in [3.05, 3.63) is 42.2 Å². The Hall–Kier alpha value is -2.71. The Bertz CT molecular complexity index is 1160. The zero-order valence-electron chi connectivity index (χ0n) is 16.5. The molecule has 0 aliphatic heterocycles. The number of imidazole rings is 1. The summed E-state index contributed by atoms with van der Waals surface area (Å²) < 4.78 is 3.62. The van der Waals surface area contributed by atoms with E-state index < -0.39 is 0 Å². The van der Waals surface area contributed by atoms with Gasteiger partial charge in [0.1, 0.15) is 5.15 Å². The van der Waals surface area contributed by atoms with Crippen LogP contribution >= 0.6 is 11.6 Å². The summed E-state index contributed by atoms with van der Waals surface area (Å²) in [6, 6.07) is 3.12. The van der Waals surface area contributed by atoms with Gasteiger partial charge in [0.15, 0.2) is 0 Å². The summed E-state index contributed by atoms with van der Waals surface area (Å²) in [5.41, 5.74) is 2.86. The summed E-state index contributed by atoms with van der Waals surface area (Å²) in [6.07, 6.45) is 13.8. The summed E-state index contributed by atoms with van der Waals surface area (Å²) in [7, 11) is 4.32. The van der Waals surface area contributed by atoms with Crippen LogP contribution in [0.5, 0.6) is 0 Å². The first-order valence-corrected chi connectivity index (χ1v) is 10.2. The van der Waals surface area contributed by atoms with Crippen molar-refractivity contribution in [2.75, 3.05) is 19.4 Å². The monoisotopic (exact) mass is 410 g/mol. The Labute approximate surface area is 173 Å². The van der Waals surface area contributed by atoms with E-state index >= 15 is 0 Å². The summed E-state index contributed by atoms with van der Waals surface area (Å²) in [5.74, 6) is 1.24. The van der Waals surface area contributed by atoms with E-state index in [-0.39, 0.29) is 0 Å². The molecule has 0 aromatic carbocycles. The lowest BCUT2D eigenvalue weighted by molar-refractivity contribution is 0.221. The van der Waals surface area contributed by atoms with Gasteiger partial charge in [-0.25, -0.2) is 19.5 Å². The molecule has 1 saturated carbocycles. The van der Waals surface area contributed by atoms with E-state index in [4.69, 9.17) is 11.6 Å². The largest absolute Gasteiger partial charge is 0.350 e. The van der Waals surface area contributed by atoms with Crippen LogP contribution in [0.2, 0.25) is 5.15 Å². The molecule has 0 atom stereocenters. The Morgan fingerprint density at radius 1 is 1.07 bits per heavy atom. The van der Waals surface area contributed by atoms with Crippen LogP contribution in [0.1, 0.15) is 25.7 Å². The number of anilines is 1. The molecule has 29 heavy (non-hydrogen) atoms. The zero-order valence-corrected chi connectivity index (χ0v) is 17.2. The molecule has 4 aromatic rings. The highest BCUT2D eigenvalue weighted by Crippen LogP contribution is 2.27. The summed E-state index contributed by atoms with van der Waals surface area (Å²) in [6.45, 7) is 0. The molecule has 4 heterocycles. The molecule has 0 saturated heterocycles. The maximum absolute atomic E-state index is 6.18. The van der Waals surface area contributed by atoms with Gasteiger partial charge in [0, 0.05) is 41.8 Å². The fourth-order valence-electron chi connectivity index (χ4n) is 4.11. The minimum absolute atomic E-state index is 0.425.